The van der Waals surface area contributed by atoms with Crippen LogP contribution in [0.2, 0.25) is 0 Å². The molecule has 2 N–H and O–H groups in total. The summed E-state index contributed by atoms with van der Waals surface area (Å²) in [6.07, 6.45) is 4.20. The first-order chi connectivity index (χ1) is 12.0. The van der Waals surface area contributed by atoms with E-state index in [1.807, 2.05) is 12.1 Å². The maximum atomic E-state index is 12.1. The second-order valence-corrected chi connectivity index (χ2v) is 5.76. The Kier molecular flexibility index (Phi) is 6.56. The second kappa shape index (κ2) is 8.86. The SMILES string of the molecule is COc1ccccc1/C=C/C(=O)OCC(=O)N1CCC[C@H](C(N)=O)C1. The van der Waals surface area contributed by atoms with Gasteiger partial charge in [-0.3, -0.25) is 9.59 Å². The first kappa shape index (κ1) is 18.5. The third kappa shape index (κ3) is 5.34. The minimum atomic E-state index is -0.622. The molecule has 0 saturated carbocycles. The molecule has 0 aromatic heterocycles. The van der Waals surface area contributed by atoms with Gasteiger partial charge in [0.25, 0.3) is 5.91 Å². The Bertz CT molecular complexity index is 671. The smallest absolute Gasteiger partial charge is 0.331 e. The van der Waals surface area contributed by atoms with Crippen molar-refractivity contribution in [3.63, 3.8) is 0 Å². The normalized spacial score (nSPS) is 17.3. The van der Waals surface area contributed by atoms with Crippen LogP contribution in [0.5, 0.6) is 5.75 Å². The summed E-state index contributed by atoms with van der Waals surface area (Å²) >= 11 is 0. The van der Waals surface area contributed by atoms with Gasteiger partial charge in [-0.2, -0.15) is 0 Å². The number of ether oxygens (including phenoxy) is 2. The number of para-hydroxylation sites is 1. The summed E-state index contributed by atoms with van der Waals surface area (Å²) in [7, 11) is 1.54. The van der Waals surface area contributed by atoms with Crippen LogP contribution in [0, 0.1) is 5.92 Å². The summed E-state index contributed by atoms with van der Waals surface area (Å²) in [5.41, 5.74) is 6.02. The van der Waals surface area contributed by atoms with E-state index in [9.17, 15) is 14.4 Å². The molecule has 1 aromatic rings. The minimum absolute atomic E-state index is 0.281. The van der Waals surface area contributed by atoms with Crippen LogP contribution in [0.25, 0.3) is 6.08 Å². The Labute approximate surface area is 146 Å². The second-order valence-electron chi connectivity index (χ2n) is 5.76. The van der Waals surface area contributed by atoms with Gasteiger partial charge >= 0.3 is 5.97 Å². The van der Waals surface area contributed by atoms with E-state index >= 15 is 0 Å². The van der Waals surface area contributed by atoms with E-state index in [0.717, 1.165) is 5.56 Å². The van der Waals surface area contributed by atoms with E-state index in [1.54, 1.807) is 25.3 Å². The predicted octanol–water partition coefficient (Wildman–Crippen LogP) is 0.975. The molecule has 2 amide bonds. The molecule has 1 fully saturated rings. The highest BCUT2D eigenvalue weighted by Gasteiger charge is 2.27. The van der Waals surface area contributed by atoms with E-state index in [-0.39, 0.29) is 25.0 Å². The van der Waals surface area contributed by atoms with Crippen LogP contribution in [-0.2, 0) is 19.1 Å². The Balaban J connectivity index is 1.84. The molecule has 0 unspecified atom stereocenters. The molecule has 0 aliphatic carbocycles. The van der Waals surface area contributed by atoms with Crippen LogP contribution >= 0.6 is 0 Å². The minimum Gasteiger partial charge on any atom is -0.496 e. The highest BCUT2D eigenvalue weighted by atomic mass is 16.5. The number of methoxy groups -OCH3 is 1. The number of nitrogens with two attached hydrogens (primary N) is 1. The molecule has 1 atom stereocenters. The van der Waals surface area contributed by atoms with Crippen molar-refractivity contribution in [2.75, 3.05) is 26.8 Å². The Morgan fingerprint density at radius 2 is 2.08 bits per heavy atom. The monoisotopic (exact) mass is 346 g/mol. The molecule has 2 rings (SSSR count). The van der Waals surface area contributed by atoms with Crippen molar-refractivity contribution in [2.24, 2.45) is 11.7 Å². The highest BCUT2D eigenvalue weighted by Crippen LogP contribution is 2.19. The summed E-state index contributed by atoms with van der Waals surface area (Å²) in [4.78, 5) is 36.6. The van der Waals surface area contributed by atoms with Crippen molar-refractivity contribution >= 4 is 23.9 Å². The average Bonchev–Trinajstić information content (AvgIpc) is 2.64. The molecule has 1 aliphatic heterocycles. The molecule has 25 heavy (non-hydrogen) atoms. The summed E-state index contributed by atoms with van der Waals surface area (Å²) in [6, 6.07) is 7.22. The lowest BCUT2D eigenvalue weighted by molar-refractivity contribution is -0.149. The van der Waals surface area contributed by atoms with Crippen LogP contribution in [0.3, 0.4) is 0 Å². The number of primary amides is 1. The van der Waals surface area contributed by atoms with Gasteiger partial charge in [-0.05, 0) is 25.0 Å². The highest BCUT2D eigenvalue weighted by molar-refractivity contribution is 5.89. The van der Waals surface area contributed by atoms with E-state index in [0.29, 0.717) is 25.1 Å². The molecule has 1 saturated heterocycles. The van der Waals surface area contributed by atoms with Crippen molar-refractivity contribution in [2.45, 2.75) is 12.8 Å². The van der Waals surface area contributed by atoms with Gasteiger partial charge in [0.15, 0.2) is 6.61 Å². The zero-order valence-corrected chi connectivity index (χ0v) is 14.1. The molecule has 1 heterocycles. The predicted molar refractivity (Wildman–Crippen MR) is 91.5 cm³/mol. The van der Waals surface area contributed by atoms with Gasteiger partial charge in [-0.25, -0.2) is 4.79 Å². The Morgan fingerprint density at radius 1 is 1.32 bits per heavy atom. The van der Waals surface area contributed by atoms with Gasteiger partial charge in [0.1, 0.15) is 5.75 Å². The number of rotatable bonds is 6. The van der Waals surface area contributed by atoms with E-state index in [1.165, 1.54) is 11.0 Å². The Morgan fingerprint density at radius 3 is 2.80 bits per heavy atom. The fourth-order valence-corrected chi connectivity index (χ4v) is 2.67. The van der Waals surface area contributed by atoms with Gasteiger partial charge in [0.05, 0.1) is 13.0 Å². The molecule has 7 nitrogen and oxygen atoms in total. The maximum absolute atomic E-state index is 12.1. The lowest BCUT2D eigenvalue weighted by Gasteiger charge is -2.30. The van der Waals surface area contributed by atoms with Crippen LogP contribution in [0.4, 0.5) is 0 Å². The molecule has 7 heteroatoms. The van der Waals surface area contributed by atoms with Crippen molar-refractivity contribution in [1.82, 2.24) is 4.90 Å². The molecule has 1 aliphatic rings. The van der Waals surface area contributed by atoms with Gasteiger partial charge in [-0.15, -0.1) is 0 Å². The number of amides is 2. The first-order valence-electron chi connectivity index (χ1n) is 8.06. The number of likely N-dealkylation sites (tertiary alicyclic amines) is 1. The van der Waals surface area contributed by atoms with Crippen LogP contribution in [0.1, 0.15) is 18.4 Å². The molecule has 0 spiro atoms. The van der Waals surface area contributed by atoms with Gasteiger partial charge < -0.3 is 20.1 Å². The van der Waals surface area contributed by atoms with Crippen LogP contribution in [0.15, 0.2) is 30.3 Å². The van der Waals surface area contributed by atoms with E-state index < -0.39 is 11.9 Å². The van der Waals surface area contributed by atoms with Crippen molar-refractivity contribution < 1.29 is 23.9 Å². The van der Waals surface area contributed by atoms with Gasteiger partial charge in [-0.1, -0.05) is 18.2 Å². The number of hydrogen-bond acceptors (Lipinski definition) is 5. The number of hydrogen-bond donors (Lipinski definition) is 1. The molecule has 0 radical (unpaired) electrons. The van der Waals surface area contributed by atoms with Crippen molar-refractivity contribution in [3.8, 4) is 5.75 Å². The third-order valence-corrected chi connectivity index (χ3v) is 4.05. The largest absolute Gasteiger partial charge is 0.496 e. The number of esters is 1. The summed E-state index contributed by atoms with van der Waals surface area (Å²) in [5, 5.41) is 0. The summed E-state index contributed by atoms with van der Waals surface area (Å²) in [5.74, 6) is -1.06. The van der Waals surface area contributed by atoms with E-state index in [4.69, 9.17) is 15.2 Å². The number of carbonyl (C=O) groups excluding carboxylic acids is 3. The van der Waals surface area contributed by atoms with Gasteiger partial charge in [0, 0.05) is 24.7 Å². The van der Waals surface area contributed by atoms with Crippen molar-refractivity contribution in [3.05, 3.63) is 35.9 Å². The summed E-state index contributed by atoms with van der Waals surface area (Å²) in [6.45, 7) is 0.459. The molecular weight excluding hydrogens is 324 g/mol. The lowest BCUT2D eigenvalue weighted by Crippen LogP contribution is -2.45. The third-order valence-electron chi connectivity index (χ3n) is 4.05. The average molecular weight is 346 g/mol. The first-order valence-corrected chi connectivity index (χ1v) is 8.06. The van der Waals surface area contributed by atoms with Crippen LogP contribution in [-0.4, -0.2) is 49.5 Å². The number of piperidine rings is 1. The fourth-order valence-electron chi connectivity index (χ4n) is 2.67. The number of nitrogens with zero attached hydrogens (tertiary/aromatic N) is 1. The number of benzene rings is 1. The quantitative estimate of drug-likeness (QED) is 0.611. The molecular formula is C18H22N2O5. The molecule has 1 aromatic carbocycles. The fraction of sp³-hybridized carbons (Fsp3) is 0.389. The lowest BCUT2D eigenvalue weighted by atomic mass is 9.97. The molecule has 134 valence electrons. The zero-order chi connectivity index (χ0) is 18.2. The topological polar surface area (TPSA) is 98.9 Å². The summed E-state index contributed by atoms with van der Waals surface area (Å²) < 4.78 is 10.2. The molecule has 0 bridgehead atoms. The Hall–Kier alpha value is -2.83. The van der Waals surface area contributed by atoms with Crippen LogP contribution < -0.4 is 10.5 Å². The van der Waals surface area contributed by atoms with Gasteiger partial charge in [0.2, 0.25) is 5.91 Å². The maximum Gasteiger partial charge on any atom is 0.331 e. The van der Waals surface area contributed by atoms with Crippen molar-refractivity contribution in [1.29, 1.82) is 0 Å². The number of carbonyl (C=O) groups is 3. The van der Waals surface area contributed by atoms with E-state index in [2.05, 4.69) is 0 Å². The zero-order valence-electron chi connectivity index (χ0n) is 14.1. The standard InChI is InChI=1S/C18H22N2O5/c1-24-15-7-3-2-5-13(15)8-9-17(22)25-12-16(21)20-10-4-6-14(11-20)18(19)23/h2-3,5,7-9,14H,4,6,10-12H2,1H3,(H2,19,23)/b9-8+/t14-/m0/s1.